The fraction of sp³-hybridized carbons (Fsp3) is 0.833. The summed E-state index contributed by atoms with van der Waals surface area (Å²) in [6.45, 7) is 2.03. The molecule has 1 aliphatic rings. The SMILES string of the molecule is CNC1CCC(C(=O)NCCOC(C)=O)CC1. The maximum absolute atomic E-state index is 11.8. The Bertz CT molecular complexity index is 260. The minimum atomic E-state index is -0.311. The molecular weight excluding hydrogens is 220 g/mol. The largest absolute Gasteiger partial charge is 0.464 e. The average Bonchev–Trinajstić information content (AvgIpc) is 2.34. The number of carbonyl (C=O) groups excluding carboxylic acids is 2. The van der Waals surface area contributed by atoms with Crippen LogP contribution in [0.5, 0.6) is 0 Å². The third-order valence-electron chi connectivity index (χ3n) is 3.21. The van der Waals surface area contributed by atoms with Gasteiger partial charge >= 0.3 is 5.97 Å². The van der Waals surface area contributed by atoms with Gasteiger partial charge in [0.05, 0.1) is 6.54 Å². The van der Waals surface area contributed by atoms with Crippen molar-refractivity contribution in [1.29, 1.82) is 0 Å². The van der Waals surface area contributed by atoms with E-state index in [1.807, 2.05) is 7.05 Å². The van der Waals surface area contributed by atoms with Crippen LogP contribution in [0.4, 0.5) is 0 Å². The van der Waals surface area contributed by atoms with Gasteiger partial charge in [-0.15, -0.1) is 0 Å². The third-order valence-corrected chi connectivity index (χ3v) is 3.21. The maximum Gasteiger partial charge on any atom is 0.302 e. The van der Waals surface area contributed by atoms with Gasteiger partial charge in [-0.05, 0) is 32.7 Å². The molecule has 0 aromatic heterocycles. The fourth-order valence-electron chi connectivity index (χ4n) is 2.16. The molecule has 2 N–H and O–H groups in total. The lowest BCUT2D eigenvalue weighted by Crippen LogP contribution is -2.38. The second-order valence-corrected chi connectivity index (χ2v) is 4.47. The van der Waals surface area contributed by atoms with Crippen LogP contribution in [0.2, 0.25) is 0 Å². The van der Waals surface area contributed by atoms with Gasteiger partial charge in [0.15, 0.2) is 0 Å². The maximum atomic E-state index is 11.8. The Balaban J connectivity index is 2.14. The van der Waals surface area contributed by atoms with Crippen LogP contribution in [0.15, 0.2) is 0 Å². The highest BCUT2D eigenvalue weighted by Crippen LogP contribution is 2.23. The molecule has 0 saturated heterocycles. The molecule has 0 aromatic carbocycles. The van der Waals surface area contributed by atoms with Crippen LogP contribution in [-0.4, -0.2) is 38.1 Å². The molecule has 0 atom stereocenters. The van der Waals surface area contributed by atoms with E-state index in [1.165, 1.54) is 6.92 Å². The Morgan fingerprint density at radius 3 is 2.41 bits per heavy atom. The molecule has 0 heterocycles. The van der Waals surface area contributed by atoms with Crippen LogP contribution in [0, 0.1) is 5.92 Å². The van der Waals surface area contributed by atoms with Gasteiger partial charge < -0.3 is 15.4 Å². The number of hydrogen-bond donors (Lipinski definition) is 2. The number of carbonyl (C=O) groups is 2. The van der Waals surface area contributed by atoms with Crippen molar-refractivity contribution in [3.8, 4) is 0 Å². The van der Waals surface area contributed by atoms with Gasteiger partial charge in [0.2, 0.25) is 5.91 Å². The van der Waals surface area contributed by atoms with Crippen LogP contribution in [-0.2, 0) is 14.3 Å². The molecule has 0 spiro atoms. The summed E-state index contributed by atoms with van der Waals surface area (Å²) >= 11 is 0. The van der Waals surface area contributed by atoms with E-state index in [2.05, 4.69) is 10.6 Å². The van der Waals surface area contributed by atoms with Crippen LogP contribution in [0.3, 0.4) is 0 Å². The minimum absolute atomic E-state index is 0.0895. The standard InChI is InChI=1S/C12H22N2O3/c1-9(15)17-8-7-14-12(16)10-3-5-11(13-2)6-4-10/h10-11,13H,3-8H2,1-2H3,(H,14,16). The first-order chi connectivity index (χ1) is 8.13. The fourth-order valence-corrected chi connectivity index (χ4v) is 2.16. The smallest absolute Gasteiger partial charge is 0.302 e. The summed E-state index contributed by atoms with van der Waals surface area (Å²) in [6.07, 6.45) is 3.98. The number of rotatable bonds is 5. The zero-order valence-electron chi connectivity index (χ0n) is 10.6. The van der Waals surface area contributed by atoms with E-state index in [9.17, 15) is 9.59 Å². The summed E-state index contributed by atoms with van der Waals surface area (Å²) in [7, 11) is 1.96. The second-order valence-electron chi connectivity index (χ2n) is 4.47. The zero-order chi connectivity index (χ0) is 12.7. The first kappa shape index (κ1) is 14.0. The molecule has 1 amide bonds. The highest BCUT2D eigenvalue weighted by Gasteiger charge is 2.24. The van der Waals surface area contributed by atoms with Crippen molar-refractivity contribution in [2.24, 2.45) is 5.92 Å². The van der Waals surface area contributed by atoms with Crippen LogP contribution < -0.4 is 10.6 Å². The van der Waals surface area contributed by atoms with Gasteiger partial charge in [-0.25, -0.2) is 0 Å². The van der Waals surface area contributed by atoms with Crippen molar-refractivity contribution >= 4 is 11.9 Å². The molecule has 1 aliphatic carbocycles. The summed E-state index contributed by atoms with van der Waals surface area (Å²) in [4.78, 5) is 22.3. The van der Waals surface area contributed by atoms with Crippen molar-refractivity contribution in [3.05, 3.63) is 0 Å². The second kappa shape index (κ2) is 7.27. The molecule has 1 saturated carbocycles. The predicted octanol–water partition coefficient (Wildman–Crippen LogP) is 0.444. The Labute approximate surface area is 102 Å². The van der Waals surface area contributed by atoms with E-state index >= 15 is 0 Å². The molecule has 0 unspecified atom stereocenters. The van der Waals surface area contributed by atoms with Gasteiger partial charge in [0, 0.05) is 18.9 Å². The van der Waals surface area contributed by atoms with Crippen LogP contribution >= 0.6 is 0 Å². The lowest BCUT2D eigenvalue weighted by Gasteiger charge is -2.27. The number of esters is 1. The minimum Gasteiger partial charge on any atom is -0.464 e. The lowest BCUT2D eigenvalue weighted by atomic mass is 9.85. The normalized spacial score (nSPS) is 24.1. The highest BCUT2D eigenvalue weighted by atomic mass is 16.5. The average molecular weight is 242 g/mol. The Kier molecular flexibility index (Phi) is 5.97. The summed E-state index contributed by atoms with van der Waals surface area (Å²) < 4.78 is 4.75. The number of amides is 1. The van der Waals surface area contributed by atoms with Crippen molar-refractivity contribution in [2.75, 3.05) is 20.2 Å². The highest BCUT2D eigenvalue weighted by molar-refractivity contribution is 5.78. The molecule has 1 rings (SSSR count). The molecule has 1 fully saturated rings. The topological polar surface area (TPSA) is 67.4 Å². The number of nitrogens with one attached hydrogen (secondary N) is 2. The molecule has 5 nitrogen and oxygen atoms in total. The Morgan fingerprint density at radius 2 is 1.88 bits per heavy atom. The van der Waals surface area contributed by atoms with Gasteiger partial charge in [0.25, 0.3) is 0 Å². The molecule has 0 radical (unpaired) electrons. The van der Waals surface area contributed by atoms with Crippen molar-refractivity contribution in [3.63, 3.8) is 0 Å². The van der Waals surface area contributed by atoms with E-state index in [0.29, 0.717) is 12.6 Å². The molecule has 17 heavy (non-hydrogen) atoms. The summed E-state index contributed by atoms with van der Waals surface area (Å²) in [5, 5.41) is 6.04. The Hall–Kier alpha value is -1.10. The van der Waals surface area contributed by atoms with Gasteiger partial charge in [0.1, 0.15) is 6.61 Å². The quantitative estimate of drug-likeness (QED) is 0.542. The van der Waals surface area contributed by atoms with E-state index < -0.39 is 0 Å². The summed E-state index contributed by atoms with van der Waals surface area (Å²) in [5.41, 5.74) is 0. The number of hydrogen-bond acceptors (Lipinski definition) is 4. The molecule has 0 bridgehead atoms. The van der Waals surface area contributed by atoms with E-state index in [1.54, 1.807) is 0 Å². The van der Waals surface area contributed by atoms with Crippen LogP contribution in [0.25, 0.3) is 0 Å². The van der Waals surface area contributed by atoms with Gasteiger partial charge in [-0.1, -0.05) is 0 Å². The monoisotopic (exact) mass is 242 g/mol. The van der Waals surface area contributed by atoms with Gasteiger partial charge in [-0.2, -0.15) is 0 Å². The van der Waals surface area contributed by atoms with Crippen molar-refractivity contribution < 1.29 is 14.3 Å². The first-order valence-electron chi connectivity index (χ1n) is 6.21. The third kappa shape index (κ3) is 5.17. The predicted molar refractivity (Wildman–Crippen MR) is 64.4 cm³/mol. The number of ether oxygens (including phenoxy) is 1. The summed E-state index contributed by atoms with van der Waals surface area (Å²) in [6, 6.07) is 0.556. The molecular formula is C12H22N2O3. The van der Waals surface area contributed by atoms with Crippen molar-refractivity contribution in [1.82, 2.24) is 10.6 Å². The molecule has 0 aromatic rings. The van der Waals surface area contributed by atoms with Crippen molar-refractivity contribution in [2.45, 2.75) is 38.6 Å². The van der Waals surface area contributed by atoms with E-state index in [-0.39, 0.29) is 24.4 Å². The van der Waals surface area contributed by atoms with E-state index in [0.717, 1.165) is 25.7 Å². The van der Waals surface area contributed by atoms with E-state index in [4.69, 9.17) is 4.74 Å². The van der Waals surface area contributed by atoms with Gasteiger partial charge in [-0.3, -0.25) is 9.59 Å². The molecule has 0 aliphatic heterocycles. The molecule has 98 valence electrons. The zero-order valence-corrected chi connectivity index (χ0v) is 10.6. The summed E-state index contributed by atoms with van der Waals surface area (Å²) in [5.74, 6) is -0.0996. The molecule has 5 heteroatoms. The lowest BCUT2D eigenvalue weighted by molar-refractivity contribution is -0.141. The Morgan fingerprint density at radius 1 is 1.24 bits per heavy atom. The first-order valence-corrected chi connectivity index (χ1v) is 6.21. The van der Waals surface area contributed by atoms with Crippen LogP contribution in [0.1, 0.15) is 32.6 Å².